The van der Waals surface area contributed by atoms with E-state index in [0.29, 0.717) is 11.3 Å². The van der Waals surface area contributed by atoms with Gasteiger partial charge in [-0.1, -0.05) is 17.7 Å². The maximum absolute atomic E-state index is 13.6. The van der Waals surface area contributed by atoms with Gasteiger partial charge in [0.05, 0.1) is 20.9 Å². The molecule has 0 saturated heterocycles. The van der Waals surface area contributed by atoms with Crippen LogP contribution in [0.1, 0.15) is 48.9 Å². The van der Waals surface area contributed by atoms with E-state index in [2.05, 4.69) is 9.97 Å². The Labute approximate surface area is 166 Å². The molecule has 2 N–H and O–H groups in total. The molecule has 0 aliphatic heterocycles. The van der Waals surface area contributed by atoms with Gasteiger partial charge in [0, 0.05) is 24.8 Å². The molecule has 0 bridgehead atoms. The van der Waals surface area contributed by atoms with Crippen LogP contribution in [0.15, 0.2) is 23.2 Å². The summed E-state index contributed by atoms with van der Waals surface area (Å²) in [7, 11) is -3.07. The number of halogens is 4. The highest BCUT2D eigenvalue weighted by atomic mass is 35.5. The van der Waals surface area contributed by atoms with Crippen molar-refractivity contribution in [2.75, 3.05) is 6.26 Å². The van der Waals surface area contributed by atoms with E-state index in [-0.39, 0.29) is 41.6 Å². The van der Waals surface area contributed by atoms with Crippen LogP contribution in [0.5, 0.6) is 0 Å². The third kappa shape index (κ3) is 4.69. The summed E-state index contributed by atoms with van der Waals surface area (Å²) in [6, 6.07) is 4.05. The zero-order valence-corrected chi connectivity index (χ0v) is 17.0. The molecule has 0 radical (unpaired) electrons. The Balaban J connectivity index is 1.96. The van der Waals surface area contributed by atoms with Crippen molar-refractivity contribution in [1.29, 1.82) is 4.78 Å². The van der Waals surface area contributed by atoms with Crippen LogP contribution in [0, 0.1) is 17.5 Å². The van der Waals surface area contributed by atoms with Gasteiger partial charge >= 0.3 is 0 Å². The number of aromatic amines is 1. The van der Waals surface area contributed by atoms with Crippen molar-refractivity contribution in [2.24, 2.45) is 0 Å². The Morgan fingerprint density at radius 3 is 2.57 bits per heavy atom. The van der Waals surface area contributed by atoms with E-state index >= 15 is 0 Å². The molecule has 5 nitrogen and oxygen atoms in total. The molecule has 1 aliphatic carbocycles. The number of aryl methyl sites for hydroxylation is 1. The van der Waals surface area contributed by atoms with Gasteiger partial charge in [0.15, 0.2) is 5.03 Å². The molecule has 1 aromatic carbocycles. The van der Waals surface area contributed by atoms with Gasteiger partial charge < -0.3 is 9.72 Å². The average molecular weight is 436 g/mol. The van der Waals surface area contributed by atoms with Crippen molar-refractivity contribution in [3.05, 3.63) is 46.1 Å². The molecule has 2 aromatic rings. The van der Waals surface area contributed by atoms with Crippen LogP contribution in [0.3, 0.4) is 0 Å². The van der Waals surface area contributed by atoms with Crippen molar-refractivity contribution in [2.45, 2.75) is 55.8 Å². The molecule has 1 aromatic heterocycles. The number of nitrogens with one attached hydrogen (secondary N) is 2. The standard InChI is InChI=1S/C18H21ClF3N3O2S/c1-10-17(28(2,23)26)25-16(24-10)15(11-3-4-14(20)13(19)9-11)27-12-5-7-18(21,22)8-6-12/h3-4,9,12,15,23H,5-8H2,1-2H3,(H,24,25). The largest absolute Gasteiger partial charge is 0.362 e. The minimum atomic E-state index is -3.07. The van der Waals surface area contributed by atoms with Crippen LogP contribution in [-0.4, -0.2) is 32.5 Å². The van der Waals surface area contributed by atoms with E-state index in [1.807, 2.05) is 0 Å². The topological polar surface area (TPSA) is 78.8 Å². The maximum Gasteiger partial charge on any atom is 0.248 e. The van der Waals surface area contributed by atoms with E-state index in [1.165, 1.54) is 24.5 Å². The molecule has 1 heterocycles. The number of alkyl halides is 2. The highest BCUT2D eigenvalue weighted by molar-refractivity contribution is 7.91. The lowest BCUT2D eigenvalue weighted by Crippen LogP contribution is -2.30. The van der Waals surface area contributed by atoms with Crippen molar-refractivity contribution >= 4 is 21.3 Å². The quantitative estimate of drug-likeness (QED) is 0.674. The number of rotatable bonds is 5. The lowest BCUT2D eigenvalue weighted by molar-refractivity contribution is -0.0938. The van der Waals surface area contributed by atoms with Crippen molar-refractivity contribution in [3.63, 3.8) is 0 Å². The second-order valence-electron chi connectivity index (χ2n) is 7.14. The van der Waals surface area contributed by atoms with E-state index in [9.17, 15) is 17.4 Å². The molecular weight excluding hydrogens is 415 g/mol. The number of nitrogens with zero attached hydrogens (tertiary/aromatic N) is 1. The lowest BCUT2D eigenvalue weighted by atomic mass is 9.94. The normalized spacial score (nSPS) is 20.6. The summed E-state index contributed by atoms with van der Waals surface area (Å²) in [6.07, 6.45) is -0.220. The number of benzene rings is 1. The third-order valence-corrected chi connectivity index (χ3v) is 6.14. The summed E-state index contributed by atoms with van der Waals surface area (Å²) in [5.41, 5.74) is 0.936. The number of H-pyrrole nitrogens is 1. The van der Waals surface area contributed by atoms with E-state index < -0.39 is 33.7 Å². The van der Waals surface area contributed by atoms with Crippen LogP contribution in [0.2, 0.25) is 5.02 Å². The molecule has 3 rings (SSSR count). The Morgan fingerprint density at radius 1 is 1.39 bits per heavy atom. The Kier molecular flexibility index (Phi) is 5.80. The van der Waals surface area contributed by atoms with Gasteiger partial charge in [-0.25, -0.2) is 27.1 Å². The molecule has 1 saturated carbocycles. The molecule has 0 amide bonds. The van der Waals surface area contributed by atoms with Gasteiger partial charge in [-0.3, -0.25) is 0 Å². The summed E-state index contributed by atoms with van der Waals surface area (Å²) >= 11 is 5.90. The lowest BCUT2D eigenvalue weighted by Gasteiger charge is -2.31. The predicted octanol–water partition coefficient (Wildman–Crippen LogP) is 5.23. The predicted molar refractivity (Wildman–Crippen MR) is 99.9 cm³/mol. The minimum Gasteiger partial charge on any atom is -0.362 e. The molecule has 10 heteroatoms. The Morgan fingerprint density at radius 2 is 2.04 bits per heavy atom. The highest BCUT2D eigenvalue weighted by Crippen LogP contribution is 2.38. The first-order valence-electron chi connectivity index (χ1n) is 8.75. The summed E-state index contributed by atoms with van der Waals surface area (Å²) in [6.45, 7) is 1.64. The first kappa shape index (κ1) is 21.1. The molecule has 28 heavy (non-hydrogen) atoms. The fourth-order valence-electron chi connectivity index (χ4n) is 3.29. The number of hydrogen-bond acceptors (Lipinski definition) is 4. The summed E-state index contributed by atoms with van der Waals surface area (Å²) < 4.78 is 66.5. The Hall–Kier alpha value is -1.58. The maximum atomic E-state index is 13.6. The van der Waals surface area contributed by atoms with Gasteiger partial charge in [0.25, 0.3) is 0 Å². The molecular formula is C18H21ClF3N3O2S. The van der Waals surface area contributed by atoms with Crippen molar-refractivity contribution in [1.82, 2.24) is 9.97 Å². The van der Waals surface area contributed by atoms with E-state index in [0.717, 1.165) is 0 Å². The van der Waals surface area contributed by atoms with Crippen LogP contribution in [-0.2, 0) is 14.5 Å². The van der Waals surface area contributed by atoms with Crippen molar-refractivity contribution in [3.8, 4) is 0 Å². The second-order valence-corrected chi connectivity index (χ2v) is 9.62. The highest BCUT2D eigenvalue weighted by Gasteiger charge is 2.37. The SMILES string of the molecule is Cc1[nH]c(C(OC2CCC(F)(F)CC2)c2ccc(F)c(Cl)c2)nc1S(C)(=N)=O. The van der Waals surface area contributed by atoms with Gasteiger partial charge in [-0.15, -0.1) is 0 Å². The van der Waals surface area contributed by atoms with Gasteiger partial charge in [-0.05, 0) is 37.5 Å². The third-order valence-electron chi connectivity index (χ3n) is 4.71. The summed E-state index contributed by atoms with van der Waals surface area (Å²) in [5.74, 6) is -3.02. The number of imidazole rings is 1. The van der Waals surface area contributed by atoms with Gasteiger partial charge in [-0.2, -0.15) is 0 Å². The van der Waals surface area contributed by atoms with Crippen LogP contribution in [0.25, 0.3) is 0 Å². The number of ether oxygens (including phenoxy) is 1. The molecule has 0 spiro atoms. The number of aromatic nitrogens is 2. The minimum absolute atomic E-state index is 0.0967. The first-order valence-corrected chi connectivity index (χ1v) is 11.1. The zero-order valence-electron chi connectivity index (χ0n) is 15.4. The van der Waals surface area contributed by atoms with Crippen LogP contribution < -0.4 is 0 Å². The van der Waals surface area contributed by atoms with Crippen molar-refractivity contribution < 1.29 is 22.1 Å². The summed E-state index contributed by atoms with van der Waals surface area (Å²) in [5, 5.41) is -0.0101. The average Bonchev–Trinajstić information content (AvgIpc) is 2.98. The van der Waals surface area contributed by atoms with Crippen LogP contribution in [0.4, 0.5) is 13.2 Å². The molecule has 2 unspecified atom stereocenters. The monoisotopic (exact) mass is 435 g/mol. The van der Waals surface area contributed by atoms with E-state index in [1.54, 1.807) is 6.92 Å². The molecule has 154 valence electrons. The first-order chi connectivity index (χ1) is 13.0. The molecule has 2 atom stereocenters. The second kappa shape index (κ2) is 7.68. The zero-order chi connectivity index (χ0) is 20.7. The summed E-state index contributed by atoms with van der Waals surface area (Å²) in [4.78, 5) is 7.24. The van der Waals surface area contributed by atoms with Gasteiger partial charge in [0.1, 0.15) is 17.7 Å². The van der Waals surface area contributed by atoms with E-state index in [4.69, 9.17) is 21.1 Å². The smallest absolute Gasteiger partial charge is 0.248 e. The van der Waals surface area contributed by atoms with Crippen LogP contribution >= 0.6 is 11.6 Å². The molecule has 1 fully saturated rings. The fraction of sp³-hybridized carbons (Fsp3) is 0.500. The molecule has 1 aliphatic rings. The number of hydrogen-bond donors (Lipinski definition) is 2. The fourth-order valence-corrected chi connectivity index (χ4v) is 4.39. The van der Waals surface area contributed by atoms with Gasteiger partial charge in [0.2, 0.25) is 5.92 Å². The Bertz CT molecular complexity index is 968.